The molecule has 1 aliphatic rings. The second kappa shape index (κ2) is 8.47. The molecule has 2 amide bonds. The molecule has 28 heavy (non-hydrogen) atoms. The number of hydrogen-bond donors (Lipinski definition) is 2. The lowest BCUT2D eigenvalue weighted by molar-refractivity contribution is -0.119. The van der Waals surface area contributed by atoms with Gasteiger partial charge in [-0.25, -0.2) is 0 Å². The number of phenols is 1. The molecular weight excluding hydrogens is 427 g/mol. The van der Waals surface area contributed by atoms with Gasteiger partial charge < -0.3 is 20.1 Å². The summed E-state index contributed by atoms with van der Waals surface area (Å²) >= 11 is 17.9. The van der Waals surface area contributed by atoms with Crippen LogP contribution < -0.4 is 15.0 Å². The first kappa shape index (κ1) is 20.6. The zero-order chi connectivity index (χ0) is 20.4. The first-order valence-electron chi connectivity index (χ1n) is 8.49. The van der Waals surface area contributed by atoms with E-state index in [1.165, 1.54) is 13.2 Å². The van der Waals surface area contributed by atoms with Crippen molar-refractivity contribution in [2.24, 2.45) is 0 Å². The molecule has 0 radical (unpaired) electrons. The Labute approximate surface area is 176 Å². The average Bonchev–Trinajstić information content (AvgIpc) is 2.67. The highest BCUT2D eigenvalue weighted by Gasteiger charge is 2.25. The van der Waals surface area contributed by atoms with E-state index in [1.807, 2.05) is 0 Å². The molecule has 1 saturated heterocycles. The maximum Gasteiger partial charge on any atom is 0.261 e. The second-order valence-corrected chi connectivity index (χ2v) is 7.41. The van der Waals surface area contributed by atoms with Crippen LogP contribution in [0.15, 0.2) is 24.3 Å². The Morgan fingerprint density at radius 2 is 1.93 bits per heavy atom. The van der Waals surface area contributed by atoms with Crippen LogP contribution in [0, 0.1) is 0 Å². The predicted octanol–water partition coefficient (Wildman–Crippen LogP) is 5.13. The number of nitrogens with one attached hydrogen (secondary N) is 1. The number of piperidine rings is 1. The number of phenolic OH excluding ortho intramolecular Hbond substituents is 1. The van der Waals surface area contributed by atoms with E-state index in [2.05, 4.69) is 5.32 Å². The first-order valence-corrected chi connectivity index (χ1v) is 9.63. The van der Waals surface area contributed by atoms with Gasteiger partial charge in [0.2, 0.25) is 5.91 Å². The number of carbonyl (C=O) groups is 2. The molecule has 0 spiro atoms. The maximum atomic E-state index is 12.7. The van der Waals surface area contributed by atoms with Crippen molar-refractivity contribution in [3.8, 4) is 11.5 Å². The molecule has 2 aromatic rings. The van der Waals surface area contributed by atoms with Crippen molar-refractivity contribution in [2.45, 2.75) is 19.3 Å². The van der Waals surface area contributed by atoms with Crippen molar-refractivity contribution < 1.29 is 19.4 Å². The van der Waals surface area contributed by atoms with E-state index in [9.17, 15) is 14.7 Å². The second-order valence-electron chi connectivity index (χ2n) is 6.22. The number of halogens is 3. The van der Waals surface area contributed by atoms with Crippen LogP contribution in [0.1, 0.15) is 29.6 Å². The van der Waals surface area contributed by atoms with Gasteiger partial charge in [0.1, 0.15) is 17.1 Å². The van der Waals surface area contributed by atoms with Gasteiger partial charge in [0.25, 0.3) is 5.91 Å². The van der Waals surface area contributed by atoms with Gasteiger partial charge in [0, 0.05) is 18.7 Å². The van der Waals surface area contributed by atoms with E-state index in [-0.39, 0.29) is 26.5 Å². The predicted molar refractivity (Wildman–Crippen MR) is 110 cm³/mol. The smallest absolute Gasteiger partial charge is 0.261 e. The van der Waals surface area contributed by atoms with Crippen molar-refractivity contribution in [2.75, 3.05) is 23.9 Å². The third kappa shape index (κ3) is 3.99. The fourth-order valence-corrected chi connectivity index (χ4v) is 3.72. The highest BCUT2D eigenvalue weighted by Crippen LogP contribution is 2.39. The Kier molecular flexibility index (Phi) is 6.23. The van der Waals surface area contributed by atoms with Gasteiger partial charge in [0.05, 0.1) is 27.9 Å². The van der Waals surface area contributed by atoms with Crippen molar-refractivity contribution in [3.05, 3.63) is 44.9 Å². The number of benzene rings is 2. The molecule has 148 valence electrons. The van der Waals surface area contributed by atoms with E-state index in [0.29, 0.717) is 30.1 Å². The topological polar surface area (TPSA) is 78.9 Å². The quantitative estimate of drug-likeness (QED) is 0.642. The molecule has 1 aliphatic heterocycles. The Balaban J connectivity index is 1.94. The van der Waals surface area contributed by atoms with Crippen LogP contribution in [0.5, 0.6) is 11.5 Å². The third-order valence-corrected chi connectivity index (χ3v) is 5.50. The van der Waals surface area contributed by atoms with E-state index in [4.69, 9.17) is 39.5 Å². The number of nitrogens with zero attached hydrogens (tertiary/aromatic N) is 1. The lowest BCUT2D eigenvalue weighted by Gasteiger charge is -2.28. The number of amides is 2. The van der Waals surface area contributed by atoms with Crippen LogP contribution in [0.4, 0.5) is 11.4 Å². The summed E-state index contributed by atoms with van der Waals surface area (Å²) in [6.07, 6.45) is 2.20. The molecule has 9 heteroatoms. The number of hydrogen-bond acceptors (Lipinski definition) is 4. The number of aromatic hydroxyl groups is 1. The number of rotatable bonds is 4. The van der Waals surface area contributed by atoms with E-state index in [1.54, 1.807) is 23.1 Å². The minimum Gasteiger partial charge on any atom is -0.505 e. The molecule has 0 unspecified atom stereocenters. The summed E-state index contributed by atoms with van der Waals surface area (Å²) in [5, 5.41) is 12.6. The molecule has 0 aliphatic carbocycles. The van der Waals surface area contributed by atoms with Gasteiger partial charge in [-0.05, 0) is 37.1 Å². The van der Waals surface area contributed by atoms with Gasteiger partial charge in [-0.1, -0.05) is 34.8 Å². The van der Waals surface area contributed by atoms with Gasteiger partial charge in [-0.2, -0.15) is 0 Å². The first-order chi connectivity index (χ1) is 13.3. The standard InChI is InChI=1S/C19H17Cl3N2O4/c1-28-14-6-5-10(8-13(14)24-7-3-2-4-15(24)25)23-19(27)16-17(22)11(20)9-12(21)18(16)26/h5-6,8-9,26H,2-4,7H2,1H3,(H,23,27). The van der Waals surface area contributed by atoms with Crippen molar-refractivity contribution in [3.63, 3.8) is 0 Å². The number of carbonyl (C=O) groups excluding carboxylic acids is 2. The molecule has 6 nitrogen and oxygen atoms in total. The van der Waals surface area contributed by atoms with Gasteiger partial charge in [0.15, 0.2) is 0 Å². The van der Waals surface area contributed by atoms with Crippen molar-refractivity contribution in [1.29, 1.82) is 0 Å². The molecule has 0 saturated carbocycles. The molecule has 0 bridgehead atoms. The summed E-state index contributed by atoms with van der Waals surface area (Å²) in [5.74, 6) is -0.642. The van der Waals surface area contributed by atoms with E-state index in [0.717, 1.165) is 12.8 Å². The van der Waals surface area contributed by atoms with E-state index < -0.39 is 11.7 Å². The van der Waals surface area contributed by atoms with Crippen LogP contribution in [-0.2, 0) is 4.79 Å². The fourth-order valence-electron chi connectivity index (χ4n) is 3.03. The molecule has 3 rings (SSSR count). The number of anilines is 2. The minimum atomic E-state index is -0.687. The lowest BCUT2D eigenvalue weighted by atomic mass is 10.1. The van der Waals surface area contributed by atoms with Crippen LogP contribution >= 0.6 is 34.8 Å². The Morgan fingerprint density at radius 1 is 1.18 bits per heavy atom. The van der Waals surface area contributed by atoms with Crippen molar-refractivity contribution in [1.82, 2.24) is 0 Å². The van der Waals surface area contributed by atoms with Crippen LogP contribution in [-0.4, -0.2) is 30.6 Å². The van der Waals surface area contributed by atoms with Crippen LogP contribution in [0.2, 0.25) is 15.1 Å². The van der Waals surface area contributed by atoms with Gasteiger partial charge in [-0.15, -0.1) is 0 Å². The monoisotopic (exact) mass is 442 g/mol. The lowest BCUT2D eigenvalue weighted by Crippen LogP contribution is -2.35. The molecule has 1 fully saturated rings. The average molecular weight is 444 g/mol. The minimum absolute atomic E-state index is 0.00432. The van der Waals surface area contributed by atoms with Gasteiger partial charge >= 0.3 is 0 Å². The molecule has 2 N–H and O–H groups in total. The highest BCUT2D eigenvalue weighted by atomic mass is 35.5. The highest BCUT2D eigenvalue weighted by molar-refractivity contribution is 6.46. The van der Waals surface area contributed by atoms with E-state index >= 15 is 0 Å². The summed E-state index contributed by atoms with van der Waals surface area (Å²) in [7, 11) is 1.51. The molecular formula is C19H17Cl3N2O4. The largest absolute Gasteiger partial charge is 0.505 e. The molecule has 1 heterocycles. The molecule has 0 aromatic heterocycles. The summed E-state index contributed by atoms with van der Waals surface area (Å²) in [5.41, 5.74) is 0.723. The number of methoxy groups -OCH3 is 1. The summed E-state index contributed by atoms with van der Waals surface area (Å²) in [6, 6.07) is 6.16. The fraction of sp³-hybridized carbons (Fsp3) is 0.263. The number of ether oxygens (including phenoxy) is 1. The molecule has 0 atom stereocenters. The summed E-state index contributed by atoms with van der Waals surface area (Å²) in [6.45, 7) is 0.573. The zero-order valence-electron chi connectivity index (χ0n) is 14.9. The Hall–Kier alpha value is -2.15. The van der Waals surface area contributed by atoms with Gasteiger partial charge in [-0.3, -0.25) is 9.59 Å². The SMILES string of the molecule is COc1ccc(NC(=O)c2c(O)c(Cl)cc(Cl)c2Cl)cc1N1CCCCC1=O. The Morgan fingerprint density at radius 3 is 2.61 bits per heavy atom. The zero-order valence-corrected chi connectivity index (χ0v) is 17.2. The van der Waals surface area contributed by atoms with Crippen molar-refractivity contribution >= 4 is 58.0 Å². The molecule has 2 aromatic carbocycles. The Bertz CT molecular complexity index is 923. The van der Waals surface area contributed by atoms with Crippen LogP contribution in [0.25, 0.3) is 0 Å². The summed E-state index contributed by atoms with van der Waals surface area (Å²) in [4.78, 5) is 26.6. The van der Waals surface area contributed by atoms with Crippen LogP contribution in [0.3, 0.4) is 0 Å². The third-order valence-electron chi connectivity index (χ3n) is 4.42. The summed E-state index contributed by atoms with van der Waals surface area (Å²) < 4.78 is 5.36. The normalized spacial score (nSPS) is 14.1. The maximum absolute atomic E-state index is 12.7.